The minimum Gasteiger partial charge on any atom is -0.330 e. The average molecular weight is 411 g/mol. The molecule has 4 nitrogen and oxygen atoms in total. The summed E-state index contributed by atoms with van der Waals surface area (Å²) in [5.74, 6) is -0.0689. The Labute approximate surface area is 172 Å². The molecule has 3 heterocycles. The lowest BCUT2D eigenvalue weighted by molar-refractivity contribution is -0.137. The fourth-order valence-corrected chi connectivity index (χ4v) is 3.78. The van der Waals surface area contributed by atoms with Crippen LogP contribution in [0.4, 0.5) is 13.2 Å². The van der Waals surface area contributed by atoms with Gasteiger partial charge >= 0.3 is 6.18 Å². The van der Waals surface area contributed by atoms with Crippen LogP contribution in [0.15, 0.2) is 67.0 Å². The quantitative estimate of drug-likeness (QED) is 0.603. The van der Waals surface area contributed by atoms with Crippen LogP contribution in [-0.2, 0) is 12.6 Å². The zero-order chi connectivity index (χ0) is 21.1. The third kappa shape index (κ3) is 4.35. The van der Waals surface area contributed by atoms with Crippen LogP contribution >= 0.6 is 0 Å². The van der Waals surface area contributed by atoms with Crippen molar-refractivity contribution in [3.05, 3.63) is 95.1 Å². The summed E-state index contributed by atoms with van der Waals surface area (Å²) >= 11 is 0. The summed E-state index contributed by atoms with van der Waals surface area (Å²) in [6.45, 7) is 0.656. The van der Waals surface area contributed by atoms with Crippen LogP contribution in [-0.4, -0.2) is 27.3 Å². The molecule has 1 unspecified atom stereocenters. The number of likely N-dealkylation sites (tertiary alicyclic amines) is 1. The molecule has 3 aromatic rings. The fourth-order valence-electron chi connectivity index (χ4n) is 3.78. The van der Waals surface area contributed by atoms with Crippen molar-refractivity contribution in [3.63, 3.8) is 0 Å². The van der Waals surface area contributed by atoms with Gasteiger partial charge in [0, 0.05) is 31.1 Å². The molecule has 30 heavy (non-hydrogen) atoms. The largest absolute Gasteiger partial charge is 0.416 e. The summed E-state index contributed by atoms with van der Waals surface area (Å²) in [6.07, 6.45) is 0.986. The van der Waals surface area contributed by atoms with E-state index in [4.69, 9.17) is 4.98 Å². The van der Waals surface area contributed by atoms with Crippen molar-refractivity contribution >= 4 is 5.91 Å². The van der Waals surface area contributed by atoms with Gasteiger partial charge in [0.15, 0.2) is 0 Å². The van der Waals surface area contributed by atoms with E-state index in [-0.39, 0.29) is 11.9 Å². The molecule has 1 aliphatic heterocycles. The number of aromatic nitrogens is 2. The van der Waals surface area contributed by atoms with E-state index in [1.807, 2.05) is 23.1 Å². The molecule has 0 saturated carbocycles. The van der Waals surface area contributed by atoms with E-state index in [2.05, 4.69) is 4.98 Å². The standard InChI is InChI=1S/C23H20F3N3O/c24-23(25,26)18-10-8-16(9-11-18)14-19-5-1-6-20(28-19)21-7-3-13-29(21)22(30)17-4-2-12-27-15-17/h1-2,4-6,8-12,15,21H,3,7,13-14H2. The molecule has 154 valence electrons. The second-order valence-electron chi connectivity index (χ2n) is 7.32. The van der Waals surface area contributed by atoms with Gasteiger partial charge < -0.3 is 4.90 Å². The molecule has 1 atom stereocenters. The lowest BCUT2D eigenvalue weighted by atomic mass is 10.0. The second kappa shape index (κ2) is 8.26. The molecule has 0 radical (unpaired) electrons. The molecule has 1 saturated heterocycles. The highest BCUT2D eigenvalue weighted by Gasteiger charge is 2.32. The molecule has 2 aromatic heterocycles. The van der Waals surface area contributed by atoms with Gasteiger partial charge in [-0.2, -0.15) is 13.2 Å². The van der Waals surface area contributed by atoms with Gasteiger partial charge in [0.2, 0.25) is 0 Å². The van der Waals surface area contributed by atoms with Gasteiger partial charge in [-0.05, 0) is 54.8 Å². The van der Waals surface area contributed by atoms with Crippen LogP contribution in [0.1, 0.15) is 51.8 Å². The van der Waals surface area contributed by atoms with E-state index in [1.165, 1.54) is 12.1 Å². The van der Waals surface area contributed by atoms with Crippen molar-refractivity contribution in [1.82, 2.24) is 14.9 Å². The summed E-state index contributed by atoms with van der Waals surface area (Å²) in [7, 11) is 0. The van der Waals surface area contributed by atoms with Crippen molar-refractivity contribution in [2.75, 3.05) is 6.54 Å². The van der Waals surface area contributed by atoms with Crippen molar-refractivity contribution in [2.45, 2.75) is 31.5 Å². The maximum atomic E-state index is 12.9. The number of carbonyl (C=O) groups is 1. The molecule has 7 heteroatoms. The Hall–Kier alpha value is -3.22. The Morgan fingerprint density at radius 2 is 1.87 bits per heavy atom. The number of carbonyl (C=O) groups excluding carboxylic acids is 1. The monoisotopic (exact) mass is 411 g/mol. The number of hydrogen-bond acceptors (Lipinski definition) is 3. The third-order valence-corrected chi connectivity index (χ3v) is 5.26. The molecule has 1 amide bonds. The Balaban J connectivity index is 1.52. The number of alkyl halides is 3. The second-order valence-corrected chi connectivity index (χ2v) is 7.32. The Morgan fingerprint density at radius 3 is 2.57 bits per heavy atom. The Bertz CT molecular complexity index is 1020. The number of benzene rings is 1. The molecular weight excluding hydrogens is 391 g/mol. The smallest absolute Gasteiger partial charge is 0.330 e. The maximum Gasteiger partial charge on any atom is 0.416 e. The van der Waals surface area contributed by atoms with Crippen molar-refractivity contribution < 1.29 is 18.0 Å². The zero-order valence-electron chi connectivity index (χ0n) is 16.1. The van der Waals surface area contributed by atoms with Crippen molar-refractivity contribution in [1.29, 1.82) is 0 Å². The SMILES string of the molecule is O=C(c1cccnc1)N1CCCC1c1cccc(Cc2ccc(C(F)(F)F)cc2)n1. The summed E-state index contributed by atoms with van der Waals surface area (Å²) < 4.78 is 38.2. The van der Waals surface area contributed by atoms with Gasteiger partial charge in [-0.3, -0.25) is 14.8 Å². The molecule has 0 spiro atoms. The summed E-state index contributed by atoms with van der Waals surface area (Å²) in [6, 6.07) is 14.1. The van der Waals surface area contributed by atoms with E-state index in [0.29, 0.717) is 18.5 Å². The minimum atomic E-state index is -4.34. The van der Waals surface area contributed by atoms with E-state index in [1.54, 1.807) is 24.5 Å². The lowest BCUT2D eigenvalue weighted by Crippen LogP contribution is -2.31. The number of rotatable bonds is 4. The predicted octanol–water partition coefficient (Wildman–Crippen LogP) is 5.06. The molecule has 1 aliphatic rings. The highest BCUT2D eigenvalue weighted by Crippen LogP contribution is 2.33. The van der Waals surface area contributed by atoms with Crippen molar-refractivity contribution in [3.8, 4) is 0 Å². The van der Waals surface area contributed by atoms with Crippen LogP contribution < -0.4 is 0 Å². The van der Waals surface area contributed by atoms with Gasteiger partial charge in [-0.15, -0.1) is 0 Å². The van der Waals surface area contributed by atoms with Gasteiger partial charge in [0.05, 0.1) is 22.9 Å². The number of amides is 1. The Kier molecular flexibility index (Phi) is 5.53. The molecule has 0 aliphatic carbocycles. The Morgan fingerprint density at radius 1 is 1.07 bits per heavy atom. The summed E-state index contributed by atoms with van der Waals surface area (Å²) in [5.41, 5.74) is 2.19. The molecule has 4 rings (SSSR count). The first-order valence-electron chi connectivity index (χ1n) is 9.75. The molecule has 1 aromatic carbocycles. The molecule has 1 fully saturated rings. The number of pyridine rings is 2. The minimum absolute atomic E-state index is 0.0689. The highest BCUT2D eigenvalue weighted by atomic mass is 19.4. The lowest BCUT2D eigenvalue weighted by Gasteiger charge is -2.24. The topological polar surface area (TPSA) is 46.1 Å². The van der Waals surface area contributed by atoms with E-state index >= 15 is 0 Å². The first-order valence-corrected chi connectivity index (χ1v) is 9.75. The van der Waals surface area contributed by atoms with Gasteiger partial charge in [-0.1, -0.05) is 18.2 Å². The molecule has 0 bridgehead atoms. The summed E-state index contributed by atoms with van der Waals surface area (Å²) in [4.78, 5) is 23.4. The van der Waals surface area contributed by atoms with Crippen LogP contribution in [0, 0.1) is 0 Å². The average Bonchev–Trinajstić information content (AvgIpc) is 3.24. The van der Waals surface area contributed by atoms with Gasteiger partial charge in [0.25, 0.3) is 5.91 Å². The predicted molar refractivity (Wildman–Crippen MR) is 106 cm³/mol. The number of nitrogens with zero attached hydrogens (tertiary/aromatic N) is 3. The number of halogens is 3. The molecule has 0 N–H and O–H groups in total. The van der Waals surface area contributed by atoms with Crippen LogP contribution in [0.25, 0.3) is 0 Å². The molecular formula is C23H20F3N3O. The zero-order valence-corrected chi connectivity index (χ0v) is 16.1. The van der Waals surface area contributed by atoms with Gasteiger partial charge in [0.1, 0.15) is 0 Å². The maximum absolute atomic E-state index is 12.9. The van der Waals surface area contributed by atoms with E-state index in [9.17, 15) is 18.0 Å². The van der Waals surface area contributed by atoms with Gasteiger partial charge in [-0.25, -0.2) is 0 Å². The highest BCUT2D eigenvalue weighted by molar-refractivity contribution is 5.94. The summed E-state index contributed by atoms with van der Waals surface area (Å²) in [5, 5.41) is 0. The first-order chi connectivity index (χ1) is 14.4. The van der Waals surface area contributed by atoms with E-state index < -0.39 is 11.7 Å². The van der Waals surface area contributed by atoms with Crippen LogP contribution in [0.5, 0.6) is 0 Å². The first kappa shape index (κ1) is 20.1. The van der Waals surface area contributed by atoms with E-state index in [0.717, 1.165) is 41.9 Å². The fraction of sp³-hybridized carbons (Fsp3) is 0.261. The van der Waals surface area contributed by atoms with Crippen LogP contribution in [0.3, 0.4) is 0 Å². The number of hydrogen-bond donors (Lipinski definition) is 0. The normalized spacial score (nSPS) is 16.6. The van der Waals surface area contributed by atoms with Crippen molar-refractivity contribution in [2.24, 2.45) is 0 Å². The van der Waals surface area contributed by atoms with Crippen LogP contribution in [0.2, 0.25) is 0 Å². The third-order valence-electron chi connectivity index (χ3n) is 5.26.